The number of furan rings is 1. The lowest BCUT2D eigenvalue weighted by atomic mass is 9.86. The summed E-state index contributed by atoms with van der Waals surface area (Å²) >= 11 is 1.38. The van der Waals surface area contributed by atoms with E-state index in [0.717, 1.165) is 37.9 Å². The summed E-state index contributed by atoms with van der Waals surface area (Å²) in [5, 5.41) is 15.3. The average molecular weight is 349 g/mol. The van der Waals surface area contributed by atoms with Gasteiger partial charge in [0.2, 0.25) is 5.91 Å². The number of anilines is 1. The van der Waals surface area contributed by atoms with Crippen molar-refractivity contribution in [1.29, 1.82) is 0 Å². The minimum absolute atomic E-state index is 0.0943. The highest BCUT2D eigenvalue weighted by atomic mass is 32.1. The Morgan fingerprint density at radius 1 is 1.50 bits per heavy atom. The fourth-order valence-corrected chi connectivity index (χ4v) is 3.85. The van der Waals surface area contributed by atoms with Gasteiger partial charge in [0.05, 0.1) is 18.9 Å². The molecule has 3 rings (SSSR count). The predicted octanol–water partition coefficient (Wildman–Crippen LogP) is 2.82. The maximum Gasteiger partial charge on any atom is 0.240 e. The quantitative estimate of drug-likeness (QED) is 0.838. The molecule has 1 amide bonds. The number of hydrogen-bond acceptors (Lipinski definition) is 6. The normalized spacial score (nSPS) is 21.1. The van der Waals surface area contributed by atoms with Crippen LogP contribution in [0.5, 0.6) is 0 Å². The second-order valence-corrected chi connectivity index (χ2v) is 7.23. The molecule has 2 atom stereocenters. The van der Waals surface area contributed by atoms with E-state index >= 15 is 0 Å². The highest BCUT2D eigenvalue weighted by Crippen LogP contribution is 2.26. The van der Waals surface area contributed by atoms with Crippen LogP contribution in [0.1, 0.15) is 25.7 Å². The molecule has 1 aliphatic carbocycles. The molecule has 1 fully saturated rings. The number of carbonyl (C=O) groups is 1. The Morgan fingerprint density at radius 3 is 3.08 bits per heavy atom. The second-order valence-electron chi connectivity index (χ2n) is 6.37. The average Bonchev–Trinajstić information content (AvgIpc) is 3.20. The van der Waals surface area contributed by atoms with Crippen LogP contribution in [0.2, 0.25) is 0 Å². The Balaban J connectivity index is 1.48. The van der Waals surface area contributed by atoms with Gasteiger partial charge in [-0.15, -0.1) is 11.3 Å². The van der Waals surface area contributed by atoms with Crippen molar-refractivity contribution in [3.05, 3.63) is 23.8 Å². The standard InChI is InChI=1S/C17H23N3O3S/c1-20(9-12-5-2-3-6-14(12)21)10-16(22)19-17-18-13(11-24-17)15-7-4-8-23-15/h4,7-8,11-12,14,21H,2-3,5-6,9-10H2,1H3,(H,18,19,22). The smallest absolute Gasteiger partial charge is 0.240 e. The van der Waals surface area contributed by atoms with Crippen LogP contribution in [0.4, 0.5) is 5.13 Å². The Bertz CT molecular complexity index is 656. The lowest BCUT2D eigenvalue weighted by molar-refractivity contribution is -0.117. The third-order valence-electron chi connectivity index (χ3n) is 4.35. The number of rotatable bonds is 6. The fraction of sp³-hybridized carbons (Fsp3) is 0.529. The number of nitrogens with one attached hydrogen (secondary N) is 1. The van der Waals surface area contributed by atoms with E-state index in [1.807, 2.05) is 29.5 Å². The summed E-state index contributed by atoms with van der Waals surface area (Å²) in [4.78, 5) is 18.5. The van der Waals surface area contributed by atoms with Crippen LogP contribution in [0.3, 0.4) is 0 Å². The van der Waals surface area contributed by atoms with Gasteiger partial charge in [0.1, 0.15) is 5.69 Å². The number of hydrogen-bond donors (Lipinski definition) is 2. The molecule has 2 unspecified atom stereocenters. The summed E-state index contributed by atoms with van der Waals surface area (Å²) in [7, 11) is 1.91. The van der Waals surface area contributed by atoms with Gasteiger partial charge in [-0.05, 0) is 37.9 Å². The SMILES string of the molecule is CN(CC(=O)Nc1nc(-c2ccco2)cs1)CC1CCCCC1O. The van der Waals surface area contributed by atoms with E-state index in [1.165, 1.54) is 11.3 Å². The highest BCUT2D eigenvalue weighted by Gasteiger charge is 2.24. The maximum atomic E-state index is 12.2. The Labute approximate surface area is 145 Å². The minimum atomic E-state index is -0.237. The third-order valence-corrected chi connectivity index (χ3v) is 5.11. The number of aliphatic hydroxyl groups excluding tert-OH is 1. The zero-order chi connectivity index (χ0) is 16.9. The molecule has 0 aromatic carbocycles. The van der Waals surface area contributed by atoms with E-state index in [1.54, 1.807) is 6.26 Å². The number of aliphatic hydroxyl groups is 1. The van der Waals surface area contributed by atoms with Crippen molar-refractivity contribution in [1.82, 2.24) is 9.88 Å². The van der Waals surface area contributed by atoms with E-state index in [2.05, 4.69) is 10.3 Å². The summed E-state index contributed by atoms with van der Waals surface area (Å²) in [5.74, 6) is 0.861. The number of aromatic nitrogens is 1. The van der Waals surface area contributed by atoms with E-state index < -0.39 is 0 Å². The first-order valence-electron chi connectivity index (χ1n) is 8.27. The Kier molecular flexibility index (Phi) is 5.65. The predicted molar refractivity (Wildman–Crippen MR) is 93.9 cm³/mol. The van der Waals surface area contributed by atoms with Crippen LogP contribution >= 0.6 is 11.3 Å². The molecule has 2 aromatic rings. The van der Waals surface area contributed by atoms with E-state index in [-0.39, 0.29) is 17.9 Å². The van der Waals surface area contributed by atoms with Gasteiger partial charge in [-0.3, -0.25) is 9.69 Å². The largest absolute Gasteiger partial charge is 0.463 e. The van der Waals surface area contributed by atoms with Crippen molar-refractivity contribution < 1.29 is 14.3 Å². The molecule has 0 aliphatic heterocycles. The van der Waals surface area contributed by atoms with Crippen molar-refractivity contribution in [2.45, 2.75) is 31.8 Å². The first-order valence-corrected chi connectivity index (χ1v) is 9.15. The fourth-order valence-electron chi connectivity index (χ4n) is 3.14. The van der Waals surface area contributed by atoms with Gasteiger partial charge in [0.15, 0.2) is 10.9 Å². The molecule has 130 valence electrons. The lowest BCUT2D eigenvalue weighted by Gasteiger charge is -2.30. The molecule has 24 heavy (non-hydrogen) atoms. The molecule has 1 aliphatic rings. The molecule has 7 heteroatoms. The summed E-state index contributed by atoms with van der Waals surface area (Å²) in [6.45, 7) is 1.03. The van der Waals surface area contributed by atoms with Gasteiger partial charge in [-0.1, -0.05) is 12.8 Å². The zero-order valence-electron chi connectivity index (χ0n) is 13.8. The number of amides is 1. The number of nitrogens with zero attached hydrogens (tertiary/aromatic N) is 2. The summed E-state index contributed by atoms with van der Waals surface area (Å²) < 4.78 is 5.30. The van der Waals surface area contributed by atoms with E-state index in [9.17, 15) is 9.90 Å². The Hall–Kier alpha value is -1.70. The van der Waals surface area contributed by atoms with Gasteiger partial charge < -0.3 is 14.8 Å². The van der Waals surface area contributed by atoms with Gasteiger partial charge in [0.25, 0.3) is 0 Å². The van der Waals surface area contributed by atoms with Crippen molar-refractivity contribution in [2.75, 3.05) is 25.5 Å². The van der Waals surface area contributed by atoms with Crippen LogP contribution in [0.15, 0.2) is 28.2 Å². The second kappa shape index (κ2) is 7.92. The Morgan fingerprint density at radius 2 is 2.33 bits per heavy atom. The number of carbonyl (C=O) groups excluding carboxylic acids is 1. The topological polar surface area (TPSA) is 78.6 Å². The van der Waals surface area contributed by atoms with Crippen molar-refractivity contribution in [3.63, 3.8) is 0 Å². The molecule has 0 spiro atoms. The minimum Gasteiger partial charge on any atom is -0.463 e. The van der Waals surface area contributed by atoms with E-state index in [0.29, 0.717) is 17.4 Å². The zero-order valence-corrected chi connectivity index (χ0v) is 14.6. The summed E-state index contributed by atoms with van der Waals surface area (Å²) in [6, 6.07) is 3.64. The molecule has 2 N–H and O–H groups in total. The molecule has 0 radical (unpaired) electrons. The third kappa shape index (κ3) is 4.43. The first-order chi connectivity index (χ1) is 11.6. The molecule has 2 aromatic heterocycles. The molecule has 1 saturated carbocycles. The van der Waals surface area contributed by atoms with Crippen LogP contribution in [0, 0.1) is 5.92 Å². The molecule has 0 saturated heterocycles. The highest BCUT2D eigenvalue weighted by molar-refractivity contribution is 7.14. The molecular weight excluding hydrogens is 326 g/mol. The van der Waals surface area contributed by atoms with Crippen molar-refractivity contribution in [3.8, 4) is 11.5 Å². The summed E-state index contributed by atoms with van der Waals surface area (Å²) in [5.41, 5.74) is 0.721. The number of likely N-dealkylation sites (N-methyl/N-ethyl adjacent to an activating group) is 1. The van der Waals surface area contributed by atoms with Crippen LogP contribution in [-0.4, -0.2) is 47.1 Å². The lowest BCUT2D eigenvalue weighted by Crippen LogP contribution is -2.38. The van der Waals surface area contributed by atoms with Crippen LogP contribution < -0.4 is 5.32 Å². The summed E-state index contributed by atoms with van der Waals surface area (Å²) in [6.07, 6.45) is 5.53. The van der Waals surface area contributed by atoms with E-state index in [4.69, 9.17) is 4.42 Å². The monoisotopic (exact) mass is 349 g/mol. The van der Waals surface area contributed by atoms with Gasteiger partial charge >= 0.3 is 0 Å². The van der Waals surface area contributed by atoms with Crippen LogP contribution in [0.25, 0.3) is 11.5 Å². The molecular formula is C17H23N3O3S. The molecule has 0 bridgehead atoms. The van der Waals surface area contributed by atoms with Crippen LogP contribution in [-0.2, 0) is 4.79 Å². The van der Waals surface area contributed by atoms with Gasteiger partial charge in [0, 0.05) is 11.9 Å². The van der Waals surface area contributed by atoms with Gasteiger partial charge in [-0.25, -0.2) is 4.98 Å². The maximum absolute atomic E-state index is 12.2. The van der Waals surface area contributed by atoms with Gasteiger partial charge in [-0.2, -0.15) is 0 Å². The van der Waals surface area contributed by atoms with Crippen molar-refractivity contribution >= 4 is 22.4 Å². The number of thiazole rings is 1. The van der Waals surface area contributed by atoms with Crippen molar-refractivity contribution in [2.24, 2.45) is 5.92 Å². The molecule has 2 heterocycles. The molecule has 6 nitrogen and oxygen atoms in total. The first kappa shape index (κ1) is 17.1.